The fraction of sp³-hybridized carbons (Fsp3) is 0.300. The van der Waals surface area contributed by atoms with Gasteiger partial charge in [-0.05, 0) is 48.9 Å². The van der Waals surface area contributed by atoms with E-state index in [9.17, 15) is 4.79 Å². The van der Waals surface area contributed by atoms with Gasteiger partial charge >= 0.3 is 0 Å². The van der Waals surface area contributed by atoms with Crippen molar-refractivity contribution in [3.63, 3.8) is 0 Å². The third kappa shape index (κ3) is 2.85. The molecule has 0 saturated carbocycles. The molecule has 4 heteroatoms. The van der Waals surface area contributed by atoms with Crippen LogP contribution in [0, 0.1) is 6.92 Å². The monoisotopic (exact) mass is 319 g/mol. The molecule has 2 heterocycles. The fourth-order valence-electron chi connectivity index (χ4n) is 3.54. The second kappa shape index (κ2) is 6.21. The predicted molar refractivity (Wildman–Crippen MR) is 95.2 cm³/mol. The second-order valence-electron chi connectivity index (χ2n) is 6.54. The standard InChI is InChI=1S/C20H21N3O/c1-14-9-10-19-22-16(11-20(24)23(19)13-14)12-21-18-8-4-6-15-5-2-3-7-17(15)18/h2-3,5,7,9-11,13,18,21H,4,6,8,12H2,1H3. The van der Waals surface area contributed by atoms with Gasteiger partial charge in [-0.2, -0.15) is 0 Å². The molecule has 0 saturated heterocycles. The molecule has 1 atom stereocenters. The Kier molecular flexibility index (Phi) is 3.90. The van der Waals surface area contributed by atoms with E-state index in [2.05, 4.69) is 34.6 Å². The van der Waals surface area contributed by atoms with Gasteiger partial charge in [-0.15, -0.1) is 0 Å². The first-order valence-corrected chi connectivity index (χ1v) is 8.51. The average Bonchev–Trinajstić information content (AvgIpc) is 2.60. The van der Waals surface area contributed by atoms with Crippen molar-refractivity contribution in [2.24, 2.45) is 0 Å². The van der Waals surface area contributed by atoms with Gasteiger partial charge in [0, 0.05) is 24.8 Å². The normalized spacial score (nSPS) is 17.0. The van der Waals surface area contributed by atoms with E-state index in [0.717, 1.165) is 24.1 Å². The van der Waals surface area contributed by atoms with Crippen molar-refractivity contribution in [2.45, 2.75) is 38.8 Å². The van der Waals surface area contributed by atoms with Crippen molar-refractivity contribution in [1.82, 2.24) is 14.7 Å². The fourth-order valence-corrected chi connectivity index (χ4v) is 3.54. The van der Waals surface area contributed by atoms with Crippen LogP contribution in [0.15, 0.2) is 53.5 Å². The highest BCUT2D eigenvalue weighted by Crippen LogP contribution is 2.29. The van der Waals surface area contributed by atoms with Crippen molar-refractivity contribution >= 4 is 5.65 Å². The van der Waals surface area contributed by atoms with Crippen LogP contribution in [0.1, 0.15) is 41.3 Å². The largest absolute Gasteiger partial charge is 0.304 e. The van der Waals surface area contributed by atoms with Gasteiger partial charge in [0.05, 0.1) is 5.69 Å². The van der Waals surface area contributed by atoms with E-state index in [1.54, 1.807) is 10.5 Å². The average molecular weight is 319 g/mol. The molecule has 1 unspecified atom stereocenters. The Labute approximate surface area is 141 Å². The number of aromatic nitrogens is 2. The summed E-state index contributed by atoms with van der Waals surface area (Å²) < 4.78 is 1.61. The number of hydrogen-bond acceptors (Lipinski definition) is 3. The van der Waals surface area contributed by atoms with Crippen LogP contribution < -0.4 is 10.9 Å². The van der Waals surface area contributed by atoms with Crippen LogP contribution in [0.2, 0.25) is 0 Å². The maximum atomic E-state index is 12.3. The van der Waals surface area contributed by atoms with Crippen LogP contribution in [0.5, 0.6) is 0 Å². The molecule has 24 heavy (non-hydrogen) atoms. The van der Waals surface area contributed by atoms with E-state index in [1.807, 2.05) is 25.3 Å². The van der Waals surface area contributed by atoms with Gasteiger partial charge in [-0.3, -0.25) is 9.20 Å². The van der Waals surface area contributed by atoms with Crippen molar-refractivity contribution in [3.8, 4) is 0 Å². The van der Waals surface area contributed by atoms with E-state index in [1.165, 1.54) is 17.5 Å². The molecule has 1 aromatic carbocycles. The Morgan fingerprint density at radius 2 is 2.12 bits per heavy atom. The van der Waals surface area contributed by atoms with Crippen molar-refractivity contribution in [1.29, 1.82) is 0 Å². The van der Waals surface area contributed by atoms with Gasteiger partial charge in [0.15, 0.2) is 0 Å². The number of rotatable bonds is 3. The van der Waals surface area contributed by atoms with Crippen LogP contribution in [-0.2, 0) is 13.0 Å². The zero-order chi connectivity index (χ0) is 16.5. The summed E-state index contributed by atoms with van der Waals surface area (Å²) in [6.07, 6.45) is 5.31. The van der Waals surface area contributed by atoms with Gasteiger partial charge in [-0.1, -0.05) is 30.3 Å². The third-order valence-electron chi connectivity index (χ3n) is 4.76. The Bertz CT molecular complexity index is 945. The number of pyridine rings is 1. The molecular formula is C20H21N3O. The number of hydrogen-bond donors (Lipinski definition) is 1. The Balaban J connectivity index is 1.58. The summed E-state index contributed by atoms with van der Waals surface area (Å²) in [4.78, 5) is 16.9. The highest BCUT2D eigenvalue weighted by atomic mass is 16.1. The highest BCUT2D eigenvalue weighted by Gasteiger charge is 2.19. The Morgan fingerprint density at radius 1 is 1.25 bits per heavy atom. The van der Waals surface area contributed by atoms with Gasteiger partial charge in [-0.25, -0.2) is 4.98 Å². The molecule has 4 rings (SSSR count). The van der Waals surface area contributed by atoms with Gasteiger partial charge in [0.1, 0.15) is 5.65 Å². The van der Waals surface area contributed by atoms with Gasteiger partial charge in [0.2, 0.25) is 0 Å². The van der Waals surface area contributed by atoms with E-state index >= 15 is 0 Å². The summed E-state index contributed by atoms with van der Waals surface area (Å²) >= 11 is 0. The summed E-state index contributed by atoms with van der Waals surface area (Å²) in [5.41, 5.74) is 5.35. The highest BCUT2D eigenvalue weighted by molar-refractivity contribution is 5.40. The lowest BCUT2D eigenvalue weighted by atomic mass is 9.88. The molecule has 1 aliphatic carbocycles. The summed E-state index contributed by atoms with van der Waals surface area (Å²) in [7, 11) is 0. The zero-order valence-electron chi connectivity index (χ0n) is 13.8. The summed E-state index contributed by atoms with van der Waals surface area (Å²) in [5, 5.41) is 3.59. The molecule has 3 aromatic rings. The molecule has 2 aromatic heterocycles. The molecular weight excluding hydrogens is 298 g/mol. The molecule has 122 valence electrons. The van der Waals surface area contributed by atoms with Crippen LogP contribution in [0.4, 0.5) is 0 Å². The van der Waals surface area contributed by atoms with Crippen LogP contribution in [-0.4, -0.2) is 9.38 Å². The second-order valence-corrected chi connectivity index (χ2v) is 6.54. The smallest absolute Gasteiger partial charge is 0.258 e. The Hall–Kier alpha value is -2.46. The van der Waals surface area contributed by atoms with E-state index in [4.69, 9.17) is 0 Å². The molecule has 0 fully saturated rings. The van der Waals surface area contributed by atoms with Crippen LogP contribution in [0.25, 0.3) is 5.65 Å². The van der Waals surface area contributed by atoms with Crippen LogP contribution >= 0.6 is 0 Å². The van der Waals surface area contributed by atoms with E-state index < -0.39 is 0 Å². The molecule has 1 N–H and O–H groups in total. The van der Waals surface area contributed by atoms with Gasteiger partial charge in [0.25, 0.3) is 5.56 Å². The number of benzene rings is 1. The first kappa shape index (κ1) is 15.1. The number of fused-ring (bicyclic) bond motifs is 2. The minimum absolute atomic E-state index is 0.0236. The van der Waals surface area contributed by atoms with Crippen molar-refractivity contribution in [3.05, 3.63) is 81.4 Å². The number of nitrogens with zero attached hydrogens (tertiary/aromatic N) is 2. The summed E-state index contributed by atoms with van der Waals surface area (Å²) in [5.74, 6) is 0. The number of nitrogens with one attached hydrogen (secondary N) is 1. The molecule has 0 radical (unpaired) electrons. The minimum atomic E-state index is -0.0236. The molecule has 0 aliphatic heterocycles. The maximum absolute atomic E-state index is 12.3. The van der Waals surface area contributed by atoms with E-state index in [-0.39, 0.29) is 5.56 Å². The lowest BCUT2D eigenvalue weighted by Gasteiger charge is -2.26. The predicted octanol–water partition coefficient (Wildman–Crippen LogP) is 3.17. The molecule has 0 spiro atoms. The Morgan fingerprint density at radius 3 is 3.04 bits per heavy atom. The van der Waals surface area contributed by atoms with Crippen molar-refractivity contribution < 1.29 is 0 Å². The number of aryl methyl sites for hydroxylation is 2. The molecule has 4 nitrogen and oxygen atoms in total. The molecule has 0 amide bonds. The van der Waals surface area contributed by atoms with Crippen LogP contribution in [0.3, 0.4) is 0 Å². The van der Waals surface area contributed by atoms with Gasteiger partial charge < -0.3 is 5.32 Å². The minimum Gasteiger partial charge on any atom is -0.304 e. The zero-order valence-corrected chi connectivity index (χ0v) is 13.8. The summed E-state index contributed by atoms with van der Waals surface area (Å²) in [6.45, 7) is 2.58. The topological polar surface area (TPSA) is 46.4 Å². The lowest BCUT2D eigenvalue weighted by Crippen LogP contribution is -2.26. The first-order valence-electron chi connectivity index (χ1n) is 8.51. The first-order chi connectivity index (χ1) is 11.7. The quantitative estimate of drug-likeness (QED) is 0.806. The lowest BCUT2D eigenvalue weighted by molar-refractivity contribution is 0.456. The molecule has 1 aliphatic rings. The summed E-state index contributed by atoms with van der Waals surface area (Å²) in [6, 6.07) is 14.5. The SMILES string of the molecule is Cc1ccc2nc(CNC3CCCc4ccccc43)cc(=O)n2c1. The van der Waals surface area contributed by atoms with E-state index in [0.29, 0.717) is 18.2 Å². The third-order valence-corrected chi connectivity index (χ3v) is 4.76. The molecule has 0 bridgehead atoms. The van der Waals surface area contributed by atoms with Crippen molar-refractivity contribution in [2.75, 3.05) is 0 Å². The maximum Gasteiger partial charge on any atom is 0.258 e.